The Morgan fingerprint density at radius 2 is 2.33 bits per heavy atom. The van der Waals surface area contributed by atoms with Crippen LogP contribution in [0, 0.1) is 5.82 Å². The maximum Gasteiger partial charge on any atom is 0.252 e. The molecule has 0 aliphatic rings. The molecular formula is C10H11BrFNO2. The summed E-state index contributed by atoms with van der Waals surface area (Å²) < 4.78 is 13.1. The fourth-order valence-electron chi connectivity index (χ4n) is 1.01. The van der Waals surface area contributed by atoms with Crippen molar-refractivity contribution in [3.63, 3.8) is 0 Å². The number of hydrogen-bond donors (Lipinski definition) is 2. The number of aliphatic hydroxyl groups is 1. The van der Waals surface area contributed by atoms with Gasteiger partial charge in [-0.15, -0.1) is 0 Å². The Morgan fingerprint density at radius 3 is 2.87 bits per heavy atom. The van der Waals surface area contributed by atoms with Gasteiger partial charge in [-0.3, -0.25) is 4.79 Å². The molecule has 1 aromatic rings. The normalized spacial score (nSPS) is 12.3. The summed E-state index contributed by atoms with van der Waals surface area (Å²) >= 11 is 3.09. The van der Waals surface area contributed by atoms with Gasteiger partial charge in [0.15, 0.2) is 0 Å². The summed E-state index contributed by atoms with van der Waals surface area (Å²) in [4.78, 5) is 11.5. The zero-order valence-corrected chi connectivity index (χ0v) is 9.71. The summed E-state index contributed by atoms with van der Waals surface area (Å²) in [6, 6.07) is 3.82. The number of aliphatic hydroxyl groups excluding tert-OH is 1. The Labute approximate surface area is 95.4 Å². The van der Waals surface area contributed by atoms with Gasteiger partial charge in [-0.25, -0.2) is 4.39 Å². The summed E-state index contributed by atoms with van der Waals surface area (Å²) in [5, 5.41) is 11.5. The highest BCUT2D eigenvalue weighted by Gasteiger charge is 2.10. The highest BCUT2D eigenvalue weighted by molar-refractivity contribution is 9.10. The van der Waals surface area contributed by atoms with E-state index in [1.54, 1.807) is 6.92 Å². The van der Waals surface area contributed by atoms with Crippen molar-refractivity contribution < 1.29 is 14.3 Å². The fourth-order valence-corrected chi connectivity index (χ4v) is 1.54. The number of nitrogens with one attached hydrogen (secondary N) is 1. The maximum absolute atomic E-state index is 12.7. The number of rotatable bonds is 3. The minimum atomic E-state index is -0.604. The van der Waals surface area contributed by atoms with Crippen LogP contribution in [-0.4, -0.2) is 23.7 Å². The van der Waals surface area contributed by atoms with Crippen LogP contribution >= 0.6 is 15.9 Å². The first-order valence-electron chi connectivity index (χ1n) is 4.42. The van der Waals surface area contributed by atoms with Gasteiger partial charge in [-0.1, -0.05) is 0 Å². The van der Waals surface area contributed by atoms with Crippen molar-refractivity contribution in [1.82, 2.24) is 5.32 Å². The standard InChI is InChI=1S/C10H11BrFNO2/c1-6(14)5-13-10(15)8-3-2-7(12)4-9(8)11/h2-4,6,14H,5H2,1H3,(H,13,15)/t6-/m1/s1. The number of halogens is 2. The highest BCUT2D eigenvalue weighted by Crippen LogP contribution is 2.17. The van der Waals surface area contributed by atoms with E-state index in [1.165, 1.54) is 18.2 Å². The first kappa shape index (κ1) is 12.1. The molecule has 0 spiro atoms. The second-order valence-corrected chi connectivity index (χ2v) is 4.04. The zero-order chi connectivity index (χ0) is 11.4. The third-order valence-electron chi connectivity index (χ3n) is 1.73. The molecule has 3 nitrogen and oxygen atoms in total. The number of carbonyl (C=O) groups excluding carboxylic acids is 1. The van der Waals surface area contributed by atoms with Crippen LogP contribution in [0.15, 0.2) is 22.7 Å². The first-order chi connectivity index (χ1) is 7.00. The van der Waals surface area contributed by atoms with Gasteiger partial charge in [-0.05, 0) is 41.1 Å². The smallest absolute Gasteiger partial charge is 0.252 e. The molecule has 0 radical (unpaired) electrons. The van der Waals surface area contributed by atoms with Crippen LogP contribution in [0.4, 0.5) is 4.39 Å². The van der Waals surface area contributed by atoms with Crippen LogP contribution in [0.1, 0.15) is 17.3 Å². The van der Waals surface area contributed by atoms with E-state index in [1.807, 2.05) is 0 Å². The maximum atomic E-state index is 12.7. The van der Waals surface area contributed by atoms with E-state index in [-0.39, 0.29) is 12.5 Å². The lowest BCUT2D eigenvalue weighted by Crippen LogP contribution is -2.30. The van der Waals surface area contributed by atoms with Crippen molar-refractivity contribution in [2.75, 3.05) is 6.54 Å². The second kappa shape index (κ2) is 5.23. The third kappa shape index (κ3) is 3.60. The monoisotopic (exact) mass is 275 g/mol. The van der Waals surface area contributed by atoms with Crippen LogP contribution in [0.25, 0.3) is 0 Å². The van der Waals surface area contributed by atoms with E-state index < -0.39 is 11.9 Å². The lowest BCUT2D eigenvalue weighted by Gasteiger charge is -2.08. The molecule has 0 aromatic heterocycles. The fraction of sp³-hybridized carbons (Fsp3) is 0.300. The van der Waals surface area contributed by atoms with Gasteiger partial charge < -0.3 is 10.4 Å². The molecule has 1 amide bonds. The van der Waals surface area contributed by atoms with Crippen LogP contribution in [-0.2, 0) is 0 Å². The zero-order valence-electron chi connectivity index (χ0n) is 8.13. The minimum Gasteiger partial charge on any atom is -0.392 e. The van der Waals surface area contributed by atoms with E-state index >= 15 is 0 Å². The second-order valence-electron chi connectivity index (χ2n) is 3.18. The molecule has 0 heterocycles. The molecule has 82 valence electrons. The molecular weight excluding hydrogens is 265 g/mol. The molecule has 1 rings (SSSR count). The van der Waals surface area contributed by atoms with Gasteiger partial charge in [0.25, 0.3) is 5.91 Å². The molecule has 0 saturated carbocycles. The van der Waals surface area contributed by atoms with Gasteiger partial charge in [0.2, 0.25) is 0 Å². The number of benzene rings is 1. The van der Waals surface area contributed by atoms with Crippen molar-refractivity contribution in [3.05, 3.63) is 34.1 Å². The van der Waals surface area contributed by atoms with E-state index in [9.17, 15) is 9.18 Å². The molecule has 1 aromatic carbocycles. The molecule has 0 fully saturated rings. The van der Waals surface area contributed by atoms with Crippen LogP contribution in [0.5, 0.6) is 0 Å². The van der Waals surface area contributed by atoms with E-state index in [4.69, 9.17) is 5.11 Å². The first-order valence-corrected chi connectivity index (χ1v) is 5.21. The van der Waals surface area contributed by atoms with Crippen molar-refractivity contribution in [2.45, 2.75) is 13.0 Å². The predicted molar refractivity (Wildman–Crippen MR) is 58.1 cm³/mol. The van der Waals surface area contributed by atoms with Gasteiger partial charge in [0.1, 0.15) is 5.82 Å². The summed E-state index contributed by atoms with van der Waals surface area (Å²) in [6.45, 7) is 1.74. The lowest BCUT2D eigenvalue weighted by molar-refractivity contribution is 0.0923. The summed E-state index contributed by atoms with van der Waals surface area (Å²) in [7, 11) is 0. The SMILES string of the molecule is C[C@@H](O)CNC(=O)c1ccc(F)cc1Br. The molecule has 15 heavy (non-hydrogen) atoms. The Kier molecular flexibility index (Phi) is 4.23. The summed E-state index contributed by atoms with van der Waals surface area (Å²) in [5.41, 5.74) is 0.344. The minimum absolute atomic E-state index is 0.169. The predicted octanol–water partition coefficient (Wildman–Crippen LogP) is 1.70. The van der Waals surface area contributed by atoms with Crippen molar-refractivity contribution in [1.29, 1.82) is 0 Å². The van der Waals surface area contributed by atoms with Gasteiger partial charge in [-0.2, -0.15) is 0 Å². The van der Waals surface area contributed by atoms with E-state index in [2.05, 4.69) is 21.2 Å². The number of carbonyl (C=O) groups is 1. The Morgan fingerprint density at radius 1 is 1.67 bits per heavy atom. The number of amides is 1. The largest absolute Gasteiger partial charge is 0.392 e. The molecule has 1 atom stereocenters. The summed E-state index contributed by atoms with van der Waals surface area (Å²) in [6.07, 6.45) is -0.604. The van der Waals surface area contributed by atoms with Crippen molar-refractivity contribution >= 4 is 21.8 Å². The van der Waals surface area contributed by atoms with Crippen LogP contribution in [0.2, 0.25) is 0 Å². The van der Waals surface area contributed by atoms with Gasteiger partial charge in [0, 0.05) is 11.0 Å². The van der Waals surface area contributed by atoms with E-state index in [0.717, 1.165) is 0 Å². The van der Waals surface area contributed by atoms with Crippen molar-refractivity contribution in [3.8, 4) is 0 Å². The van der Waals surface area contributed by atoms with Crippen LogP contribution < -0.4 is 5.32 Å². The molecule has 0 unspecified atom stereocenters. The Hall–Kier alpha value is -0.940. The molecule has 0 bridgehead atoms. The Bertz CT molecular complexity index is 368. The van der Waals surface area contributed by atoms with Gasteiger partial charge in [0.05, 0.1) is 11.7 Å². The van der Waals surface area contributed by atoms with E-state index in [0.29, 0.717) is 10.0 Å². The lowest BCUT2D eigenvalue weighted by atomic mass is 10.2. The summed E-state index contributed by atoms with van der Waals surface area (Å²) in [5.74, 6) is -0.753. The average Bonchev–Trinajstić information content (AvgIpc) is 2.14. The van der Waals surface area contributed by atoms with Crippen LogP contribution in [0.3, 0.4) is 0 Å². The average molecular weight is 276 g/mol. The molecule has 0 aliphatic carbocycles. The number of hydrogen-bond acceptors (Lipinski definition) is 2. The highest BCUT2D eigenvalue weighted by atomic mass is 79.9. The molecule has 5 heteroatoms. The van der Waals surface area contributed by atoms with Crippen molar-refractivity contribution in [2.24, 2.45) is 0 Å². The Balaban J connectivity index is 2.74. The third-order valence-corrected chi connectivity index (χ3v) is 2.39. The van der Waals surface area contributed by atoms with Gasteiger partial charge >= 0.3 is 0 Å². The molecule has 2 N–H and O–H groups in total. The quantitative estimate of drug-likeness (QED) is 0.882. The topological polar surface area (TPSA) is 49.3 Å². The molecule has 0 saturated heterocycles. The molecule has 0 aliphatic heterocycles.